The lowest BCUT2D eigenvalue weighted by molar-refractivity contribution is -0.121. The molecular formula is C19H27ClN4O3S. The molecular weight excluding hydrogens is 400 g/mol. The number of hydrogen-bond donors (Lipinski definition) is 2. The second-order valence-electron chi connectivity index (χ2n) is 6.60. The van der Waals surface area contributed by atoms with Crippen molar-refractivity contribution < 1.29 is 14.0 Å². The molecule has 7 nitrogen and oxygen atoms in total. The predicted molar refractivity (Wildman–Crippen MR) is 112 cm³/mol. The van der Waals surface area contributed by atoms with Gasteiger partial charge in [-0.05, 0) is 24.9 Å². The summed E-state index contributed by atoms with van der Waals surface area (Å²) in [6, 6.07) is 8.73. The van der Waals surface area contributed by atoms with E-state index in [2.05, 4.69) is 20.8 Å². The summed E-state index contributed by atoms with van der Waals surface area (Å²) >= 11 is 1.38. The molecule has 9 heteroatoms. The molecule has 28 heavy (non-hydrogen) atoms. The molecule has 154 valence electrons. The van der Waals surface area contributed by atoms with Crippen molar-refractivity contribution in [2.45, 2.75) is 38.0 Å². The lowest BCUT2D eigenvalue weighted by Crippen LogP contribution is -2.42. The molecule has 2 aromatic rings. The molecule has 0 saturated carbocycles. The molecule has 0 aliphatic carbocycles. The largest absolute Gasteiger partial charge is 0.408 e. The number of benzene rings is 1. The molecule has 1 aromatic heterocycles. The van der Waals surface area contributed by atoms with E-state index in [0.717, 1.165) is 17.9 Å². The van der Waals surface area contributed by atoms with E-state index in [-0.39, 0.29) is 42.3 Å². The number of aromatic nitrogens is 2. The number of hydrogen-bond acceptors (Lipinski definition) is 7. The van der Waals surface area contributed by atoms with Crippen LogP contribution in [-0.2, 0) is 11.2 Å². The topological polar surface area (TPSA) is 97.1 Å². The molecule has 0 aliphatic heterocycles. The Morgan fingerprint density at radius 2 is 1.89 bits per heavy atom. The highest BCUT2D eigenvalue weighted by Crippen LogP contribution is 2.17. The van der Waals surface area contributed by atoms with Gasteiger partial charge in [0.2, 0.25) is 11.7 Å². The Balaban J connectivity index is 0.00000392. The maximum absolute atomic E-state index is 12.8. The fraction of sp³-hybridized carbons (Fsp3) is 0.474. The van der Waals surface area contributed by atoms with E-state index in [4.69, 9.17) is 4.42 Å². The van der Waals surface area contributed by atoms with Gasteiger partial charge in [0.05, 0.1) is 12.5 Å². The number of nitrogens with one attached hydrogen (secondary N) is 2. The third-order valence-electron chi connectivity index (χ3n) is 3.76. The van der Waals surface area contributed by atoms with Gasteiger partial charge in [-0.3, -0.25) is 9.59 Å². The first-order valence-electron chi connectivity index (χ1n) is 8.98. The standard InChI is InChI=1S/C19H26N4O3S.ClH/c1-13(2)11-15(21-16(24)12-14-7-5-4-6-8-14)17(25)18-22-23-19(26-18)27-10-9-20-3;/h4-8,13,15,20H,9-12H2,1-3H3,(H,21,24);1H/t15-;/m0./s1. The van der Waals surface area contributed by atoms with Crippen molar-refractivity contribution in [2.75, 3.05) is 19.3 Å². The minimum absolute atomic E-state index is 0. The summed E-state index contributed by atoms with van der Waals surface area (Å²) < 4.78 is 5.47. The Labute approximate surface area is 175 Å². The Morgan fingerprint density at radius 3 is 2.54 bits per heavy atom. The number of ketones is 1. The van der Waals surface area contributed by atoms with E-state index < -0.39 is 6.04 Å². The zero-order chi connectivity index (χ0) is 19.6. The maximum Gasteiger partial charge on any atom is 0.286 e. The quantitative estimate of drug-likeness (QED) is 0.324. The van der Waals surface area contributed by atoms with Gasteiger partial charge in [0.15, 0.2) is 0 Å². The van der Waals surface area contributed by atoms with Crippen LogP contribution in [0.15, 0.2) is 40.0 Å². The van der Waals surface area contributed by atoms with E-state index in [1.54, 1.807) is 0 Å². The Hall–Kier alpha value is -1.90. The van der Waals surface area contributed by atoms with Gasteiger partial charge in [-0.25, -0.2) is 0 Å². The Bertz CT molecular complexity index is 740. The van der Waals surface area contributed by atoms with E-state index in [1.165, 1.54) is 11.8 Å². The van der Waals surface area contributed by atoms with E-state index in [9.17, 15) is 9.59 Å². The van der Waals surface area contributed by atoms with Crippen LogP contribution in [0.3, 0.4) is 0 Å². The summed E-state index contributed by atoms with van der Waals surface area (Å²) in [7, 11) is 1.86. The number of carbonyl (C=O) groups is 2. The number of nitrogens with zero attached hydrogens (tertiary/aromatic N) is 2. The highest BCUT2D eigenvalue weighted by atomic mass is 35.5. The average Bonchev–Trinajstić information content (AvgIpc) is 3.10. The van der Waals surface area contributed by atoms with Crippen molar-refractivity contribution >= 4 is 35.9 Å². The molecule has 1 amide bonds. The summed E-state index contributed by atoms with van der Waals surface area (Å²) in [6.45, 7) is 4.79. The van der Waals surface area contributed by atoms with Crippen LogP contribution in [-0.4, -0.2) is 47.3 Å². The SMILES string of the molecule is CNCCSc1nnc(C(=O)[C@H](CC(C)C)NC(=O)Cc2ccccc2)o1.Cl. The molecule has 0 bridgehead atoms. The predicted octanol–water partition coefficient (Wildman–Crippen LogP) is 2.76. The van der Waals surface area contributed by atoms with Gasteiger partial charge in [-0.2, -0.15) is 0 Å². The van der Waals surface area contributed by atoms with Crippen LogP contribution in [0.1, 0.15) is 36.5 Å². The molecule has 1 atom stereocenters. The van der Waals surface area contributed by atoms with Gasteiger partial charge in [0, 0.05) is 12.3 Å². The number of Topliss-reactive ketones (excluding diaryl/α,β-unsaturated/α-hetero) is 1. The van der Waals surface area contributed by atoms with Gasteiger partial charge in [-0.15, -0.1) is 22.6 Å². The fourth-order valence-corrected chi connectivity index (χ4v) is 3.20. The van der Waals surface area contributed by atoms with E-state index >= 15 is 0 Å². The second kappa shape index (κ2) is 12.5. The first-order chi connectivity index (χ1) is 13.0. The van der Waals surface area contributed by atoms with Crippen LogP contribution in [0.4, 0.5) is 0 Å². The van der Waals surface area contributed by atoms with Crippen LogP contribution < -0.4 is 10.6 Å². The lowest BCUT2D eigenvalue weighted by atomic mass is 9.99. The van der Waals surface area contributed by atoms with Gasteiger partial charge in [0.1, 0.15) is 0 Å². The summed E-state index contributed by atoms with van der Waals surface area (Å²) in [5, 5.41) is 14.0. The molecule has 1 aromatic carbocycles. The van der Waals surface area contributed by atoms with Gasteiger partial charge in [-0.1, -0.05) is 55.9 Å². The normalized spacial score (nSPS) is 11.7. The van der Waals surface area contributed by atoms with Crippen molar-refractivity contribution in [3.05, 3.63) is 41.8 Å². The molecule has 0 saturated heterocycles. The third kappa shape index (κ3) is 8.00. The highest BCUT2D eigenvalue weighted by molar-refractivity contribution is 7.99. The highest BCUT2D eigenvalue weighted by Gasteiger charge is 2.27. The summed E-state index contributed by atoms with van der Waals surface area (Å²) in [6.07, 6.45) is 0.724. The number of carbonyl (C=O) groups excluding carboxylic acids is 2. The first-order valence-corrected chi connectivity index (χ1v) is 9.96. The molecule has 0 radical (unpaired) electrons. The number of thioether (sulfide) groups is 1. The lowest BCUT2D eigenvalue weighted by Gasteiger charge is -2.18. The fourth-order valence-electron chi connectivity index (χ4n) is 2.49. The minimum atomic E-state index is -0.683. The molecule has 2 N–H and O–H groups in total. The monoisotopic (exact) mass is 426 g/mol. The second-order valence-corrected chi connectivity index (χ2v) is 7.65. The van der Waals surface area contributed by atoms with Crippen molar-refractivity contribution in [1.82, 2.24) is 20.8 Å². The van der Waals surface area contributed by atoms with E-state index in [1.807, 2.05) is 51.2 Å². The van der Waals surface area contributed by atoms with Crippen molar-refractivity contribution in [1.29, 1.82) is 0 Å². The van der Waals surface area contributed by atoms with Crippen molar-refractivity contribution in [3.63, 3.8) is 0 Å². The van der Waals surface area contributed by atoms with Crippen LogP contribution >= 0.6 is 24.2 Å². The van der Waals surface area contributed by atoms with Crippen LogP contribution in [0, 0.1) is 5.92 Å². The molecule has 0 spiro atoms. The average molecular weight is 427 g/mol. The number of amides is 1. The zero-order valence-electron chi connectivity index (χ0n) is 16.3. The molecule has 1 heterocycles. The van der Waals surface area contributed by atoms with Crippen LogP contribution in [0.25, 0.3) is 0 Å². The molecule has 2 rings (SSSR count). The molecule has 0 fully saturated rings. The Kier molecular flexibility index (Phi) is 10.8. The summed E-state index contributed by atoms with van der Waals surface area (Å²) in [5.41, 5.74) is 0.895. The van der Waals surface area contributed by atoms with Gasteiger partial charge >= 0.3 is 0 Å². The van der Waals surface area contributed by atoms with Gasteiger partial charge < -0.3 is 15.1 Å². The van der Waals surface area contributed by atoms with Crippen molar-refractivity contribution in [3.8, 4) is 0 Å². The van der Waals surface area contributed by atoms with Crippen LogP contribution in [0.2, 0.25) is 0 Å². The number of rotatable bonds is 11. The van der Waals surface area contributed by atoms with Crippen LogP contribution in [0.5, 0.6) is 0 Å². The third-order valence-corrected chi connectivity index (χ3v) is 4.58. The summed E-state index contributed by atoms with van der Waals surface area (Å²) in [4.78, 5) is 25.2. The minimum Gasteiger partial charge on any atom is -0.408 e. The maximum atomic E-state index is 12.8. The molecule has 0 unspecified atom stereocenters. The first kappa shape index (κ1) is 24.1. The smallest absolute Gasteiger partial charge is 0.286 e. The van der Waals surface area contributed by atoms with Gasteiger partial charge in [0.25, 0.3) is 11.1 Å². The number of halogens is 1. The molecule has 0 aliphatic rings. The summed E-state index contributed by atoms with van der Waals surface area (Å²) in [5.74, 6) is 0.368. The van der Waals surface area contributed by atoms with E-state index in [0.29, 0.717) is 11.6 Å². The zero-order valence-corrected chi connectivity index (χ0v) is 17.9. The van der Waals surface area contributed by atoms with Crippen molar-refractivity contribution in [2.24, 2.45) is 5.92 Å². The Morgan fingerprint density at radius 1 is 1.18 bits per heavy atom.